The summed E-state index contributed by atoms with van der Waals surface area (Å²) in [6.45, 7) is 13.5. The smallest absolute Gasteiger partial charge is 0.408 e. The third-order valence-corrected chi connectivity index (χ3v) is 6.20. The van der Waals surface area contributed by atoms with E-state index in [1.807, 2.05) is 45.0 Å². The van der Waals surface area contributed by atoms with Crippen molar-refractivity contribution in [2.24, 2.45) is 5.92 Å². The lowest BCUT2D eigenvalue weighted by atomic mass is 9.97. The van der Waals surface area contributed by atoms with Gasteiger partial charge in [-0.05, 0) is 69.9 Å². The van der Waals surface area contributed by atoms with Gasteiger partial charge < -0.3 is 25.0 Å². The lowest BCUT2D eigenvalue weighted by Crippen LogP contribution is -2.54. The average molecular weight is 540 g/mol. The van der Waals surface area contributed by atoms with Gasteiger partial charge in [-0.2, -0.15) is 0 Å². The maximum absolute atomic E-state index is 14.2. The number of carbonyl (C=O) groups is 3. The molecule has 2 aromatic carbocycles. The number of benzene rings is 2. The highest BCUT2D eigenvalue weighted by atomic mass is 16.6. The third kappa shape index (κ3) is 9.93. The summed E-state index contributed by atoms with van der Waals surface area (Å²) in [6.07, 6.45) is 1.91. The predicted molar refractivity (Wildman–Crippen MR) is 155 cm³/mol. The van der Waals surface area contributed by atoms with Gasteiger partial charge in [0.25, 0.3) is 5.91 Å². The molecule has 0 aliphatic heterocycles. The minimum atomic E-state index is -0.904. The van der Waals surface area contributed by atoms with Crippen molar-refractivity contribution in [2.45, 2.75) is 85.4 Å². The van der Waals surface area contributed by atoms with Crippen molar-refractivity contribution in [2.75, 3.05) is 19.0 Å². The highest BCUT2D eigenvalue weighted by molar-refractivity contribution is 5.99. The molecule has 0 saturated carbocycles. The Kier molecular flexibility index (Phi) is 11.8. The molecule has 0 aliphatic rings. The number of ether oxygens (including phenoxy) is 2. The van der Waals surface area contributed by atoms with E-state index in [0.717, 1.165) is 24.8 Å². The largest absolute Gasteiger partial charge is 0.497 e. The number of amides is 3. The molecule has 39 heavy (non-hydrogen) atoms. The van der Waals surface area contributed by atoms with Gasteiger partial charge in [-0.25, -0.2) is 4.79 Å². The minimum absolute atomic E-state index is 0.234. The summed E-state index contributed by atoms with van der Waals surface area (Å²) in [5, 5.41) is 5.73. The van der Waals surface area contributed by atoms with Gasteiger partial charge >= 0.3 is 6.09 Å². The fourth-order valence-electron chi connectivity index (χ4n) is 4.13. The number of anilines is 1. The van der Waals surface area contributed by atoms with Crippen LogP contribution in [0.15, 0.2) is 48.5 Å². The van der Waals surface area contributed by atoms with Gasteiger partial charge in [-0.3, -0.25) is 9.59 Å². The highest BCUT2D eigenvalue weighted by Gasteiger charge is 2.37. The van der Waals surface area contributed by atoms with Crippen molar-refractivity contribution in [3.63, 3.8) is 0 Å². The fraction of sp³-hybridized carbons (Fsp3) is 0.516. The van der Waals surface area contributed by atoms with Gasteiger partial charge in [0.1, 0.15) is 23.4 Å². The number of carbonyl (C=O) groups excluding carboxylic acids is 3. The lowest BCUT2D eigenvalue weighted by Gasteiger charge is -2.35. The number of unbranched alkanes of at least 4 members (excludes halogenated alkanes) is 2. The molecule has 2 atom stereocenters. The second-order valence-corrected chi connectivity index (χ2v) is 11.1. The molecular formula is C31H45N3O5. The van der Waals surface area contributed by atoms with E-state index < -0.39 is 23.8 Å². The van der Waals surface area contributed by atoms with Crippen LogP contribution < -0.4 is 15.4 Å². The van der Waals surface area contributed by atoms with Gasteiger partial charge in [0, 0.05) is 12.2 Å². The fourth-order valence-corrected chi connectivity index (χ4v) is 4.13. The molecule has 2 aromatic rings. The summed E-state index contributed by atoms with van der Waals surface area (Å²) in [4.78, 5) is 42.3. The second kappa shape index (κ2) is 14.6. The van der Waals surface area contributed by atoms with Crippen molar-refractivity contribution in [3.05, 3.63) is 59.7 Å². The van der Waals surface area contributed by atoms with E-state index in [4.69, 9.17) is 9.47 Å². The van der Waals surface area contributed by atoms with Crippen LogP contribution in [0.5, 0.6) is 5.75 Å². The Bertz CT molecular complexity index is 1070. The summed E-state index contributed by atoms with van der Waals surface area (Å²) >= 11 is 0. The van der Waals surface area contributed by atoms with Crippen molar-refractivity contribution >= 4 is 23.6 Å². The molecule has 0 aromatic heterocycles. The first-order valence-electron chi connectivity index (χ1n) is 13.7. The summed E-state index contributed by atoms with van der Waals surface area (Å²) in [7, 11) is 1.58. The molecule has 0 bridgehead atoms. The van der Waals surface area contributed by atoms with E-state index in [-0.39, 0.29) is 17.7 Å². The molecule has 0 radical (unpaired) electrons. The van der Waals surface area contributed by atoms with Crippen LogP contribution in [-0.2, 0) is 14.3 Å². The van der Waals surface area contributed by atoms with E-state index in [2.05, 4.69) is 17.6 Å². The van der Waals surface area contributed by atoms with E-state index in [9.17, 15) is 14.4 Å². The molecule has 2 N–H and O–H groups in total. The molecular weight excluding hydrogens is 494 g/mol. The first kappa shape index (κ1) is 31.7. The van der Waals surface area contributed by atoms with Gasteiger partial charge in [-0.15, -0.1) is 0 Å². The number of nitrogens with zero attached hydrogens (tertiary/aromatic N) is 1. The van der Waals surface area contributed by atoms with Crippen molar-refractivity contribution in [1.29, 1.82) is 0 Å². The SMILES string of the molecule is CCCCCN(C(=O)C(NC(=O)OC(C)(C)C)C(C)C)C(C(=O)Nc1ccc(OC)cc1)c1ccc(C)cc1. The van der Waals surface area contributed by atoms with Crippen LogP contribution in [0.25, 0.3) is 0 Å². The van der Waals surface area contributed by atoms with Gasteiger partial charge in [0.05, 0.1) is 7.11 Å². The van der Waals surface area contributed by atoms with Crippen LogP contribution in [0, 0.1) is 12.8 Å². The Morgan fingerprint density at radius 1 is 0.949 bits per heavy atom. The zero-order valence-electron chi connectivity index (χ0n) is 24.7. The zero-order chi connectivity index (χ0) is 29.2. The Balaban J connectivity index is 2.49. The first-order chi connectivity index (χ1) is 18.4. The Morgan fingerprint density at radius 3 is 2.08 bits per heavy atom. The maximum Gasteiger partial charge on any atom is 0.408 e. The molecule has 0 aliphatic carbocycles. The zero-order valence-corrected chi connectivity index (χ0v) is 24.7. The minimum Gasteiger partial charge on any atom is -0.497 e. The van der Waals surface area contributed by atoms with Crippen LogP contribution in [0.4, 0.5) is 10.5 Å². The van der Waals surface area contributed by atoms with Crippen LogP contribution in [0.3, 0.4) is 0 Å². The molecule has 0 fully saturated rings. The van der Waals surface area contributed by atoms with Gasteiger partial charge in [0.15, 0.2) is 0 Å². The molecule has 0 saturated heterocycles. The quantitative estimate of drug-likeness (QED) is 0.311. The van der Waals surface area contributed by atoms with Crippen LogP contribution >= 0.6 is 0 Å². The third-order valence-electron chi connectivity index (χ3n) is 6.20. The van der Waals surface area contributed by atoms with Gasteiger partial charge in [-0.1, -0.05) is 63.4 Å². The number of hydrogen-bond acceptors (Lipinski definition) is 5. The summed E-state index contributed by atoms with van der Waals surface area (Å²) in [5.41, 5.74) is 1.61. The van der Waals surface area contributed by atoms with E-state index in [0.29, 0.717) is 23.5 Å². The number of aryl methyl sites for hydroxylation is 1. The standard InChI is InChI=1S/C31H45N3O5/c1-9-10-11-20-34(29(36)26(21(2)3)33-30(37)39-31(5,6)7)27(23-14-12-22(4)13-15-23)28(35)32-24-16-18-25(38-8)19-17-24/h12-19,21,26-27H,9-11,20H2,1-8H3,(H,32,35)(H,33,37). The number of alkyl carbamates (subject to hydrolysis) is 1. The molecule has 0 heterocycles. The Labute approximate surface area is 233 Å². The monoisotopic (exact) mass is 539 g/mol. The molecule has 3 amide bonds. The van der Waals surface area contributed by atoms with Crippen molar-refractivity contribution in [3.8, 4) is 5.75 Å². The van der Waals surface area contributed by atoms with Crippen LogP contribution in [0.2, 0.25) is 0 Å². The first-order valence-corrected chi connectivity index (χ1v) is 13.7. The topological polar surface area (TPSA) is 97.0 Å². The van der Waals surface area contributed by atoms with E-state index in [1.54, 1.807) is 57.0 Å². The number of nitrogens with one attached hydrogen (secondary N) is 2. The molecule has 2 rings (SSSR count). The van der Waals surface area contributed by atoms with Crippen molar-refractivity contribution < 1.29 is 23.9 Å². The maximum atomic E-state index is 14.2. The molecule has 8 heteroatoms. The lowest BCUT2D eigenvalue weighted by molar-refractivity contribution is -0.141. The average Bonchev–Trinajstić information content (AvgIpc) is 2.86. The molecule has 0 spiro atoms. The van der Waals surface area contributed by atoms with Crippen LogP contribution in [0.1, 0.15) is 78.0 Å². The summed E-state index contributed by atoms with van der Waals surface area (Å²) in [5.74, 6) is -0.231. The normalized spacial score (nSPS) is 12.8. The summed E-state index contributed by atoms with van der Waals surface area (Å²) < 4.78 is 10.7. The molecule has 214 valence electrons. The van der Waals surface area contributed by atoms with Crippen LogP contribution in [-0.4, -0.2) is 48.1 Å². The Morgan fingerprint density at radius 2 is 1.56 bits per heavy atom. The van der Waals surface area contributed by atoms with Gasteiger partial charge in [0.2, 0.25) is 5.91 Å². The molecule has 2 unspecified atom stereocenters. The number of methoxy groups -OCH3 is 1. The highest BCUT2D eigenvalue weighted by Crippen LogP contribution is 2.27. The number of hydrogen-bond donors (Lipinski definition) is 2. The predicted octanol–water partition coefficient (Wildman–Crippen LogP) is 6.25. The second-order valence-electron chi connectivity index (χ2n) is 11.1. The number of rotatable bonds is 12. The molecule has 8 nitrogen and oxygen atoms in total. The van der Waals surface area contributed by atoms with Crippen molar-refractivity contribution in [1.82, 2.24) is 10.2 Å². The summed E-state index contributed by atoms with van der Waals surface area (Å²) in [6, 6.07) is 12.9. The Hall–Kier alpha value is -3.55. The van der Waals surface area contributed by atoms with E-state index in [1.165, 1.54) is 0 Å². The van der Waals surface area contributed by atoms with E-state index >= 15 is 0 Å².